The lowest BCUT2D eigenvalue weighted by molar-refractivity contribution is -0.268. The van der Waals surface area contributed by atoms with Gasteiger partial charge in [0.15, 0.2) is 6.10 Å². The summed E-state index contributed by atoms with van der Waals surface area (Å²) >= 11 is 0. The van der Waals surface area contributed by atoms with E-state index in [0.29, 0.717) is 0 Å². The van der Waals surface area contributed by atoms with E-state index in [1.807, 2.05) is 0 Å². The van der Waals surface area contributed by atoms with Crippen molar-refractivity contribution in [2.75, 3.05) is 0 Å². The summed E-state index contributed by atoms with van der Waals surface area (Å²) in [6, 6.07) is -0.940. The zero-order valence-electron chi connectivity index (χ0n) is 12.6. The summed E-state index contributed by atoms with van der Waals surface area (Å²) in [5.41, 5.74) is 8.64. The van der Waals surface area contributed by atoms with Gasteiger partial charge in [0.2, 0.25) is 12.4 Å². The van der Waals surface area contributed by atoms with Crippen LogP contribution in [0.3, 0.4) is 0 Å². The van der Waals surface area contributed by atoms with Crippen LogP contribution in [0.4, 0.5) is 0 Å². The molecule has 1 saturated heterocycles. The summed E-state index contributed by atoms with van der Waals surface area (Å²) in [7, 11) is 0. The van der Waals surface area contributed by atoms with Crippen LogP contribution in [0, 0.1) is 0 Å². The number of hydrogen-bond donors (Lipinski definition) is 0. The fourth-order valence-electron chi connectivity index (χ4n) is 2.11. The molecule has 10 heteroatoms. The predicted molar refractivity (Wildman–Crippen MR) is 70.1 cm³/mol. The molecule has 0 aromatic carbocycles. The molecule has 10 nitrogen and oxygen atoms in total. The molecule has 0 aromatic rings. The Morgan fingerprint density at radius 3 is 1.95 bits per heavy atom. The second-order valence-electron chi connectivity index (χ2n) is 4.66. The van der Waals surface area contributed by atoms with Gasteiger partial charge < -0.3 is 18.9 Å². The number of carbonyl (C=O) groups excluding carboxylic acids is 3. The van der Waals surface area contributed by atoms with Crippen LogP contribution in [0.5, 0.6) is 0 Å². The van der Waals surface area contributed by atoms with Crippen LogP contribution in [0.1, 0.15) is 27.7 Å². The van der Waals surface area contributed by atoms with Gasteiger partial charge in [0.05, 0.1) is 6.10 Å². The lowest BCUT2D eigenvalue weighted by atomic mass is 9.97. The molecule has 1 heterocycles. The number of esters is 3. The van der Waals surface area contributed by atoms with Gasteiger partial charge in [0, 0.05) is 25.7 Å². The number of rotatable bonds is 4. The second-order valence-corrected chi connectivity index (χ2v) is 4.66. The molecule has 0 N–H and O–H groups in total. The number of azide groups is 1. The first kappa shape index (κ1) is 17.7. The van der Waals surface area contributed by atoms with Crippen LogP contribution in [-0.4, -0.2) is 48.6 Å². The fourth-order valence-corrected chi connectivity index (χ4v) is 2.11. The highest BCUT2D eigenvalue weighted by atomic mass is 16.7. The van der Waals surface area contributed by atoms with Crippen molar-refractivity contribution in [2.45, 2.75) is 58.3 Å². The Morgan fingerprint density at radius 1 is 1.00 bits per heavy atom. The fraction of sp³-hybridized carbons (Fsp3) is 0.750. The van der Waals surface area contributed by atoms with Gasteiger partial charge in [0.1, 0.15) is 6.04 Å². The highest BCUT2D eigenvalue weighted by molar-refractivity contribution is 5.68. The van der Waals surface area contributed by atoms with E-state index in [2.05, 4.69) is 10.0 Å². The summed E-state index contributed by atoms with van der Waals surface area (Å²) in [5.74, 6) is -2.04. The normalized spacial score (nSPS) is 30.6. The molecule has 0 saturated carbocycles. The summed E-state index contributed by atoms with van der Waals surface area (Å²) < 4.78 is 20.5. The number of ether oxygens (including phenoxy) is 4. The second kappa shape index (κ2) is 7.62. The number of nitrogens with zero attached hydrogens (tertiary/aromatic N) is 3. The molecular formula is C12H17N3O7. The van der Waals surface area contributed by atoms with Crippen LogP contribution in [0.25, 0.3) is 10.4 Å². The van der Waals surface area contributed by atoms with Crippen LogP contribution in [0.15, 0.2) is 5.11 Å². The molecular weight excluding hydrogens is 298 g/mol. The molecule has 1 fully saturated rings. The highest BCUT2D eigenvalue weighted by Gasteiger charge is 2.49. The highest BCUT2D eigenvalue weighted by Crippen LogP contribution is 2.29. The van der Waals surface area contributed by atoms with E-state index >= 15 is 0 Å². The first-order valence-electron chi connectivity index (χ1n) is 6.47. The van der Waals surface area contributed by atoms with Gasteiger partial charge in [-0.1, -0.05) is 5.11 Å². The zero-order valence-corrected chi connectivity index (χ0v) is 12.6. The standard InChI is InChI=1S/C12H17N3O7/c1-5-9(14-15-13)10(20-6(2)16)11(21-7(3)17)12(19-5)22-8(4)18/h5,9-12H,1-4H3/t5?,9-,10?,11?,12?/m1/s1. The van der Waals surface area contributed by atoms with Gasteiger partial charge in [-0.25, -0.2) is 0 Å². The SMILES string of the molecule is CC(=O)OC1OC(C)[C@@H](N=[N+]=[N-])C(OC(C)=O)C1OC(C)=O. The Balaban J connectivity index is 3.17. The van der Waals surface area contributed by atoms with Gasteiger partial charge in [-0.15, -0.1) is 0 Å². The Labute approximate surface area is 126 Å². The molecule has 1 aliphatic rings. The quantitative estimate of drug-likeness (QED) is 0.246. The molecule has 1 rings (SSSR count). The van der Waals surface area contributed by atoms with Crippen molar-refractivity contribution in [3.63, 3.8) is 0 Å². The van der Waals surface area contributed by atoms with Crippen LogP contribution in [-0.2, 0) is 33.3 Å². The third kappa shape index (κ3) is 4.61. The Hall–Kier alpha value is -2.32. The average Bonchev–Trinajstić information content (AvgIpc) is 2.36. The van der Waals surface area contributed by atoms with Crippen LogP contribution < -0.4 is 0 Å². The summed E-state index contributed by atoms with van der Waals surface area (Å²) in [6.07, 6.45) is -4.37. The maximum atomic E-state index is 11.3. The van der Waals surface area contributed by atoms with E-state index in [-0.39, 0.29) is 0 Å². The van der Waals surface area contributed by atoms with E-state index < -0.39 is 48.6 Å². The first-order chi connectivity index (χ1) is 10.3. The third-order valence-electron chi connectivity index (χ3n) is 2.83. The molecule has 0 amide bonds. The van der Waals surface area contributed by atoms with Crippen LogP contribution in [0.2, 0.25) is 0 Å². The van der Waals surface area contributed by atoms with Gasteiger partial charge >= 0.3 is 17.9 Å². The van der Waals surface area contributed by atoms with Crippen molar-refractivity contribution in [3.8, 4) is 0 Å². The van der Waals surface area contributed by atoms with Gasteiger partial charge in [-0.05, 0) is 12.5 Å². The van der Waals surface area contributed by atoms with Gasteiger partial charge in [0.25, 0.3) is 0 Å². The van der Waals surface area contributed by atoms with Crippen molar-refractivity contribution >= 4 is 17.9 Å². The van der Waals surface area contributed by atoms with Crippen LogP contribution >= 0.6 is 0 Å². The molecule has 0 bridgehead atoms. The topological polar surface area (TPSA) is 137 Å². The molecule has 0 aromatic heterocycles. The van der Waals surface area contributed by atoms with E-state index in [1.54, 1.807) is 6.92 Å². The van der Waals surface area contributed by atoms with Crippen molar-refractivity contribution in [2.24, 2.45) is 5.11 Å². The Morgan fingerprint density at radius 2 is 1.50 bits per heavy atom. The zero-order chi connectivity index (χ0) is 16.9. The largest absolute Gasteiger partial charge is 0.458 e. The lowest BCUT2D eigenvalue weighted by Gasteiger charge is -2.41. The molecule has 22 heavy (non-hydrogen) atoms. The monoisotopic (exact) mass is 315 g/mol. The molecule has 1 aliphatic heterocycles. The van der Waals surface area contributed by atoms with E-state index in [1.165, 1.54) is 0 Å². The van der Waals surface area contributed by atoms with Crippen molar-refractivity contribution in [1.29, 1.82) is 0 Å². The summed E-state index contributed by atoms with van der Waals surface area (Å²) in [5, 5.41) is 3.52. The molecule has 0 radical (unpaired) electrons. The van der Waals surface area contributed by atoms with Gasteiger partial charge in [-0.2, -0.15) is 0 Å². The molecule has 0 spiro atoms. The molecule has 122 valence electrons. The number of hydrogen-bond acceptors (Lipinski definition) is 8. The minimum atomic E-state index is -1.27. The van der Waals surface area contributed by atoms with E-state index in [4.69, 9.17) is 24.5 Å². The maximum Gasteiger partial charge on any atom is 0.305 e. The predicted octanol–water partition coefficient (Wildman–Crippen LogP) is 0.837. The van der Waals surface area contributed by atoms with E-state index in [0.717, 1.165) is 20.8 Å². The van der Waals surface area contributed by atoms with E-state index in [9.17, 15) is 14.4 Å². The van der Waals surface area contributed by atoms with Crippen molar-refractivity contribution in [3.05, 3.63) is 10.4 Å². The maximum absolute atomic E-state index is 11.3. The van der Waals surface area contributed by atoms with Crippen molar-refractivity contribution < 1.29 is 33.3 Å². The minimum absolute atomic E-state index is 0.668. The van der Waals surface area contributed by atoms with Crippen molar-refractivity contribution in [1.82, 2.24) is 0 Å². The average molecular weight is 315 g/mol. The third-order valence-corrected chi connectivity index (χ3v) is 2.83. The first-order valence-corrected chi connectivity index (χ1v) is 6.47. The van der Waals surface area contributed by atoms with Gasteiger partial charge in [-0.3, -0.25) is 14.4 Å². The Bertz CT molecular complexity index is 503. The molecule has 5 atom stereocenters. The molecule has 4 unspecified atom stereocenters. The molecule has 0 aliphatic carbocycles. The Kier molecular flexibility index (Phi) is 6.14. The minimum Gasteiger partial charge on any atom is -0.458 e. The summed E-state index contributed by atoms with van der Waals surface area (Å²) in [4.78, 5) is 36.4. The lowest BCUT2D eigenvalue weighted by Crippen LogP contribution is -2.59. The smallest absolute Gasteiger partial charge is 0.305 e. The summed E-state index contributed by atoms with van der Waals surface area (Å²) in [6.45, 7) is 4.99. The number of carbonyl (C=O) groups is 3.